The van der Waals surface area contributed by atoms with E-state index in [1.165, 1.54) is 24.8 Å². The standard InChI is InChI=1S/C15H25NOS/c1-13(2)10-16-12-15(4-6-17-7-5-15)9-14-3-8-18-11-14/h3,8,11,13,16H,4-7,9-10,12H2,1-2H3. The lowest BCUT2D eigenvalue weighted by molar-refractivity contribution is 0.0147. The molecule has 0 aromatic carbocycles. The molecule has 2 nitrogen and oxygen atoms in total. The van der Waals surface area contributed by atoms with E-state index in [0.29, 0.717) is 5.41 Å². The van der Waals surface area contributed by atoms with Crippen LogP contribution in [-0.2, 0) is 11.2 Å². The molecule has 0 radical (unpaired) electrons. The Morgan fingerprint density at radius 1 is 1.39 bits per heavy atom. The van der Waals surface area contributed by atoms with Gasteiger partial charge in [0.1, 0.15) is 0 Å². The van der Waals surface area contributed by atoms with E-state index in [1.54, 1.807) is 11.3 Å². The Kier molecular flexibility index (Phi) is 5.22. The minimum atomic E-state index is 0.411. The average Bonchev–Trinajstić information content (AvgIpc) is 2.82. The highest BCUT2D eigenvalue weighted by Crippen LogP contribution is 2.34. The van der Waals surface area contributed by atoms with Gasteiger partial charge in [0.25, 0.3) is 0 Å². The minimum absolute atomic E-state index is 0.411. The van der Waals surface area contributed by atoms with Crippen molar-refractivity contribution in [2.24, 2.45) is 11.3 Å². The Hall–Kier alpha value is -0.380. The van der Waals surface area contributed by atoms with Crippen LogP contribution in [0.5, 0.6) is 0 Å². The maximum absolute atomic E-state index is 5.55. The van der Waals surface area contributed by atoms with Crippen LogP contribution in [0.3, 0.4) is 0 Å². The second-order valence-electron chi connectivity index (χ2n) is 5.95. The van der Waals surface area contributed by atoms with Crippen molar-refractivity contribution in [1.82, 2.24) is 5.32 Å². The first kappa shape index (κ1) is 14.0. The van der Waals surface area contributed by atoms with Gasteiger partial charge in [0.2, 0.25) is 0 Å². The Balaban J connectivity index is 1.94. The largest absolute Gasteiger partial charge is 0.381 e. The summed E-state index contributed by atoms with van der Waals surface area (Å²) in [6, 6.07) is 2.27. The summed E-state index contributed by atoms with van der Waals surface area (Å²) in [5.74, 6) is 0.725. The van der Waals surface area contributed by atoms with Gasteiger partial charge in [-0.3, -0.25) is 0 Å². The zero-order valence-corrected chi connectivity index (χ0v) is 12.4. The first-order valence-electron chi connectivity index (χ1n) is 7.00. The third kappa shape index (κ3) is 4.08. The van der Waals surface area contributed by atoms with Gasteiger partial charge >= 0.3 is 0 Å². The van der Waals surface area contributed by atoms with Crippen molar-refractivity contribution in [1.29, 1.82) is 0 Å². The van der Waals surface area contributed by atoms with E-state index in [1.807, 2.05) is 0 Å². The predicted molar refractivity (Wildman–Crippen MR) is 78.2 cm³/mol. The summed E-state index contributed by atoms with van der Waals surface area (Å²) in [6.07, 6.45) is 3.58. The van der Waals surface area contributed by atoms with Crippen molar-refractivity contribution in [3.63, 3.8) is 0 Å². The topological polar surface area (TPSA) is 21.3 Å². The second kappa shape index (κ2) is 6.69. The van der Waals surface area contributed by atoms with Crippen LogP contribution in [0.1, 0.15) is 32.3 Å². The highest BCUT2D eigenvalue weighted by Gasteiger charge is 2.32. The zero-order chi connectivity index (χ0) is 12.8. The average molecular weight is 267 g/mol. The Labute approximate surface area is 115 Å². The molecule has 0 aliphatic carbocycles. The summed E-state index contributed by atoms with van der Waals surface area (Å²) in [5, 5.41) is 8.13. The lowest BCUT2D eigenvalue weighted by Crippen LogP contribution is -2.41. The van der Waals surface area contributed by atoms with Gasteiger partial charge in [-0.25, -0.2) is 0 Å². The summed E-state index contributed by atoms with van der Waals surface area (Å²) < 4.78 is 5.55. The van der Waals surface area contributed by atoms with Gasteiger partial charge < -0.3 is 10.1 Å². The first-order chi connectivity index (χ1) is 8.70. The van der Waals surface area contributed by atoms with E-state index in [0.717, 1.165) is 32.2 Å². The molecule has 0 spiro atoms. The van der Waals surface area contributed by atoms with Crippen LogP contribution in [0.25, 0.3) is 0 Å². The summed E-state index contributed by atoms with van der Waals surface area (Å²) in [4.78, 5) is 0. The first-order valence-corrected chi connectivity index (χ1v) is 7.94. The van der Waals surface area contributed by atoms with Gasteiger partial charge in [0.15, 0.2) is 0 Å². The van der Waals surface area contributed by atoms with E-state index < -0.39 is 0 Å². The number of hydrogen-bond acceptors (Lipinski definition) is 3. The van der Waals surface area contributed by atoms with Crippen molar-refractivity contribution in [3.05, 3.63) is 22.4 Å². The summed E-state index contributed by atoms with van der Waals surface area (Å²) in [6.45, 7) is 8.63. The molecule has 0 bridgehead atoms. The lowest BCUT2D eigenvalue weighted by atomic mass is 9.75. The molecule has 2 heterocycles. The van der Waals surface area contributed by atoms with Crippen LogP contribution in [0.2, 0.25) is 0 Å². The highest BCUT2D eigenvalue weighted by atomic mass is 32.1. The van der Waals surface area contributed by atoms with Crippen LogP contribution in [0.15, 0.2) is 16.8 Å². The number of rotatable bonds is 6. The fraction of sp³-hybridized carbons (Fsp3) is 0.733. The van der Waals surface area contributed by atoms with Crippen molar-refractivity contribution in [3.8, 4) is 0 Å². The molecule has 1 aliphatic rings. The van der Waals surface area contributed by atoms with Crippen LogP contribution in [-0.4, -0.2) is 26.3 Å². The van der Waals surface area contributed by atoms with E-state index in [-0.39, 0.29) is 0 Å². The number of hydrogen-bond donors (Lipinski definition) is 1. The number of ether oxygens (including phenoxy) is 1. The quantitative estimate of drug-likeness (QED) is 0.853. The molecule has 1 aromatic heterocycles. The van der Waals surface area contributed by atoms with Crippen molar-refractivity contribution in [2.75, 3.05) is 26.3 Å². The van der Waals surface area contributed by atoms with Crippen LogP contribution < -0.4 is 5.32 Å². The molecule has 0 saturated carbocycles. The second-order valence-corrected chi connectivity index (χ2v) is 6.73. The van der Waals surface area contributed by atoms with Crippen molar-refractivity contribution in [2.45, 2.75) is 33.1 Å². The molecule has 0 unspecified atom stereocenters. The van der Waals surface area contributed by atoms with Gasteiger partial charge in [-0.2, -0.15) is 11.3 Å². The van der Waals surface area contributed by atoms with E-state index in [2.05, 4.69) is 36.0 Å². The molecule has 1 aliphatic heterocycles. The Morgan fingerprint density at radius 2 is 2.17 bits per heavy atom. The van der Waals surface area contributed by atoms with Crippen molar-refractivity contribution >= 4 is 11.3 Å². The van der Waals surface area contributed by atoms with Gasteiger partial charge in [0, 0.05) is 19.8 Å². The van der Waals surface area contributed by atoms with Crippen LogP contribution >= 0.6 is 11.3 Å². The molecule has 2 rings (SSSR count). The van der Waals surface area contributed by atoms with E-state index >= 15 is 0 Å². The molecule has 1 N–H and O–H groups in total. The molecule has 102 valence electrons. The maximum Gasteiger partial charge on any atom is 0.0471 e. The van der Waals surface area contributed by atoms with Gasteiger partial charge in [-0.1, -0.05) is 13.8 Å². The third-order valence-electron chi connectivity index (χ3n) is 3.77. The van der Waals surface area contributed by atoms with Gasteiger partial charge in [0.05, 0.1) is 0 Å². The van der Waals surface area contributed by atoms with Gasteiger partial charge in [-0.05, 0) is 59.5 Å². The molecule has 0 atom stereocenters. The Bertz CT molecular complexity index is 328. The SMILES string of the molecule is CC(C)CNCC1(Cc2ccsc2)CCOCC1. The molecule has 3 heteroatoms. The lowest BCUT2D eigenvalue weighted by Gasteiger charge is -2.37. The molecule has 1 saturated heterocycles. The molecule has 0 amide bonds. The monoisotopic (exact) mass is 267 g/mol. The summed E-state index contributed by atoms with van der Waals surface area (Å²) >= 11 is 1.80. The number of thiophene rings is 1. The Morgan fingerprint density at radius 3 is 2.78 bits per heavy atom. The van der Waals surface area contributed by atoms with Crippen molar-refractivity contribution < 1.29 is 4.74 Å². The normalized spacial score (nSPS) is 19.3. The maximum atomic E-state index is 5.55. The molecule has 1 fully saturated rings. The minimum Gasteiger partial charge on any atom is -0.381 e. The summed E-state index contributed by atoms with van der Waals surface area (Å²) in [5.41, 5.74) is 1.90. The van der Waals surface area contributed by atoms with Crippen LogP contribution in [0.4, 0.5) is 0 Å². The molecule has 1 aromatic rings. The zero-order valence-electron chi connectivity index (χ0n) is 11.6. The fourth-order valence-corrected chi connectivity index (χ4v) is 3.34. The van der Waals surface area contributed by atoms with Gasteiger partial charge in [-0.15, -0.1) is 0 Å². The fourth-order valence-electron chi connectivity index (χ4n) is 2.67. The van der Waals surface area contributed by atoms with E-state index in [4.69, 9.17) is 4.74 Å². The summed E-state index contributed by atoms with van der Waals surface area (Å²) in [7, 11) is 0. The molecular weight excluding hydrogens is 242 g/mol. The highest BCUT2D eigenvalue weighted by molar-refractivity contribution is 7.07. The van der Waals surface area contributed by atoms with Crippen LogP contribution in [0, 0.1) is 11.3 Å². The molecular formula is C15H25NOS. The number of nitrogens with one attached hydrogen (secondary N) is 1. The van der Waals surface area contributed by atoms with E-state index in [9.17, 15) is 0 Å². The smallest absolute Gasteiger partial charge is 0.0471 e. The molecule has 18 heavy (non-hydrogen) atoms. The third-order valence-corrected chi connectivity index (χ3v) is 4.50. The predicted octanol–water partition coefficient (Wildman–Crippen LogP) is 3.33.